The summed E-state index contributed by atoms with van der Waals surface area (Å²) < 4.78 is 15.9. The van der Waals surface area contributed by atoms with Gasteiger partial charge in [-0.05, 0) is 10.8 Å². The largest absolute Gasteiger partial charge is 0.637 e. The minimum atomic E-state index is -3.87. The van der Waals surface area contributed by atoms with Crippen LogP contribution in [0.5, 0.6) is 0 Å². The minimum absolute atomic E-state index is 0.314. The van der Waals surface area contributed by atoms with Gasteiger partial charge in [-0.1, -0.05) is 50.0 Å². The van der Waals surface area contributed by atoms with E-state index in [0.717, 1.165) is 21.6 Å². The van der Waals surface area contributed by atoms with Crippen LogP contribution >= 0.6 is 56.4 Å². The molecule has 0 amide bonds. The van der Waals surface area contributed by atoms with Crippen molar-refractivity contribution in [3.63, 3.8) is 0 Å². The number of ether oxygens (including phenoxy) is 1. The molecule has 100 valence electrons. The van der Waals surface area contributed by atoms with Gasteiger partial charge in [0.05, 0.1) is 0 Å². The zero-order chi connectivity index (χ0) is 13.7. The van der Waals surface area contributed by atoms with Gasteiger partial charge in [0.15, 0.2) is 0 Å². The maximum Gasteiger partial charge on any atom is 0.637 e. The molecule has 0 spiro atoms. The van der Waals surface area contributed by atoms with Gasteiger partial charge >= 0.3 is 5.92 Å². The van der Waals surface area contributed by atoms with Crippen molar-refractivity contribution in [2.75, 3.05) is 12.5 Å². The first kappa shape index (κ1) is 17.3. The Hall–Kier alpha value is 0.260. The van der Waals surface area contributed by atoms with Crippen LogP contribution in [0.1, 0.15) is 0 Å². The molecule has 0 radical (unpaired) electrons. The van der Waals surface area contributed by atoms with Crippen LogP contribution in [-0.4, -0.2) is 31.4 Å². The smallest absolute Gasteiger partial charge is 0.352 e. The fraction of sp³-hybridized carbons (Fsp3) is 1.00. The van der Waals surface area contributed by atoms with Crippen molar-refractivity contribution in [2.45, 2.75) is 9.04 Å². The average Bonchev–Trinajstić information content (AvgIpc) is 2.14. The summed E-state index contributed by atoms with van der Waals surface area (Å²) in [4.78, 5) is 16.9. The van der Waals surface area contributed by atoms with Crippen LogP contribution in [0.3, 0.4) is 0 Å². The van der Waals surface area contributed by atoms with Gasteiger partial charge < -0.3 is 4.74 Å². The van der Waals surface area contributed by atoms with Crippen LogP contribution in [0.15, 0.2) is 0 Å². The summed E-state index contributed by atoms with van der Waals surface area (Å²) in [6.07, 6.45) is 0. The molecular weight excluding hydrogens is 346 g/mol. The monoisotopic (exact) mass is 348 g/mol. The predicted molar refractivity (Wildman–Crippen MR) is 64.1 cm³/mol. The fourth-order valence-corrected chi connectivity index (χ4v) is 2.75. The van der Waals surface area contributed by atoms with E-state index >= 15 is 0 Å². The van der Waals surface area contributed by atoms with Crippen molar-refractivity contribution in [1.82, 2.24) is 0 Å². The van der Waals surface area contributed by atoms with E-state index in [2.05, 4.69) is 4.74 Å². The molecule has 0 atom stereocenters. The van der Waals surface area contributed by atoms with Crippen molar-refractivity contribution in [2.24, 2.45) is 0 Å². The van der Waals surface area contributed by atoms with Crippen molar-refractivity contribution >= 4 is 56.4 Å². The van der Waals surface area contributed by atoms with Crippen LogP contribution in [0.4, 0.5) is 4.39 Å². The Morgan fingerprint density at radius 3 is 2.06 bits per heavy atom. The molecule has 0 aliphatic rings. The lowest BCUT2D eigenvalue weighted by Crippen LogP contribution is -2.46. The van der Waals surface area contributed by atoms with Gasteiger partial charge in [0.25, 0.3) is 0 Å². The van der Waals surface area contributed by atoms with E-state index in [1.54, 1.807) is 0 Å². The highest BCUT2D eigenvalue weighted by atomic mass is 35.6. The third-order valence-corrected chi connectivity index (χ3v) is 4.61. The molecule has 13 heteroatoms. The van der Waals surface area contributed by atoms with Gasteiger partial charge in [0.2, 0.25) is 9.73 Å². The van der Waals surface area contributed by atoms with E-state index in [-0.39, 0.29) is 5.94 Å². The third kappa shape index (κ3) is 6.67. The van der Waals surface area contributed by atoms with Crippen LogP contribution in [0.25, 0.3) is 0 Å². The number of nitrogens with zero attached hydrogens (tertiary/aromatic N) is 2. The van der Waals surface area contributed by atoms with Crippen LogP contribution in [0.2, 0.25) is 0 Å². The molecule has 17 heavy (non-hydrogen) atoms. The number of hydrogen-bond donors (Lipinski definition) is 0. The standard InChI is InChI=1S/C4H4Cl3FN2O5S2/c5-4(6,7)17-16-2-15-1-3(8,9(11)12)10(13)14/h1-2H2. The van der Waals surface area contributed by atoms with E-state index < -0.39 is 25.5 Å². The summed E-state index contributed by atoms with van der Waals surface area (Å²) in [6, 6.07) is 0. The van der Waals surface area contributed by atoms with Gasteiger partial charge in [-0.2, -0.15) is 0 Å². The van der Waals surface area contributed by atoms with Crippen molar-refractivity contribution in [3.05, 3.63) is 20.2 Å². The van der Waals surface area contributed by atoms with E-state index in [4.69, 9.17) is 34.8 Å². The molecule has 0 saturated heterocycles. The topological polar surface area (TPSA) is 95.5 Å². The molecule has 0 unspecified atom stereocenters. The van der Waals surface area contributed by atoms with Crippen LogP contribution in [-0.2, 0) is 4.74 Å². The molecular formula is C4H4Cl3FN2O5S2. The lowest BCUT2D eigenvalue weighted by molar-refractivity contribution is -0.833. The predicted octanol–water partition coefficient (Wildman–Crippen LogP) is 2.85. The Balaban J connectivity index is 4.02. The van der Waals surface area contributed by atoms with Crippen molar-refractivity contribution < 1.29 is 19.0 Å². The molecule has 0 N–H and O–H groups in total. The van der Waals surface area contributed by atoms with Gasteiger partial charge in [-0.25, -0.2) is 0 Å². The summed E-state index contributed by atoms with van der Waals surface area (Å²) >= 11 is 16.0. The Morgan fingerprint density at radius 2 is 1.71 bits per heavy atom. The maximum atomic E-state index is 13.1. The number of nitro groups is 2. The fourth-order valence-electron chi connectivity index (χ4n) is 0.468. The van der Waals surface area contributed by atoms with Crippen LogP contribution in [0, 0.1) is 20.2 Å². The third-order valence-electron chi connectivity index (χ3n) is 1.13. The second-order valence-electron chi connectivity index (χ2n) is 2.35. The molecule has 0 saturated carbocycles. The lowest BCUT2D eigenvalue weighted by Gasteiger charge is -2.10. The molecule has 0 bridgehead atoms. The minimum Gasteiger partial charge on any atom is -0.352 e. The lowest BCUT2D eigenvalue weighted by atomic mass is 10.5. The van der Waals surface area contributed by atoms with Gasteiger partial charge in [0, 0.05) is 0 Å². The average molecular weight is 350 g/mol. The molecule has 7 nitrogen and oxygen atoms in total. The number of alkyl halides is 4. The normalized spacial score (nSPS) is 12.5. The molecule has 0 aromatic carbocycles. The van der Waals surface area contributed by atoms with E-state index in [0.29, 0.717) is 0 Å². The zero-order valence-electron chi connectivity index (χ0n) is 7.68. The number of hydrogen-bond acceptors (Lipinski definition) is 7. The van der Waals surface area contributed by atoms with Crippen molar-refractivity contribution in [3.8, 4) is 0 Å². The zero-order valence-corrected chi connectivity index (χ0v) is 11.6. The van der Waals surface area contributed by atoms with Crippen molar-refractivity contribution in [1.29, 1.82) is 0 Å². The summed E-state index contributed by atoms with van der Waals surface area (Å²) in [6.45, 7) is -1.33. The first-order chi connectivity index (χ1) is 7.59. The Morgan fingerprint density at radius 1 is 1.24 bits per heavy atom. The first-order valence-electron chi connectivity index (χ1n) is 3.52. The maximum absolute atomic E-state index is 13.1. The van der Waals surface area contributed by atoms with E-state index in [9.17, 15) is 24.6 Å². The first-order valence-corrected chi connectivity index (χ1v) is 6.98. The molecule has 0 aliphatic carbocycles. The van der Waals surface area contributed by atoms with E-state index in [1.807, 2.05) is 0 Å². The highest BCUT2D eigenvalue weighted by Crippen LogP contribution is 2.45. The molecule has 0 fully saturated rings. The Bertz CT molecular complexity index is 289. The highest BCUT2D eigenvalue weighted by Gasteiger charge is 2.58. The molecule has 0 rings (SSSR count). The second-order valence-corrected chi connectivity index (χ2v) is 7.76. The van der Waals surface area contributed by atoms with E-state index in [1.165, 1.54) is 0 Å². The van der Waals surface area contributed by atoms with Gasteiger partial charge in [-0.3, -0.25) is 20.2 Å². The molecule has 0 heterocycles. The summed E-state index contributed by atoms with van der Waals surface area (Å²) in [5.74, 6) is -4.18. The summed E-state index contributed by atoms with van der Waals surface area (Å²) in [5, 5.41) is 20.2. The Labute approximate surface area is 117 Å². The van der Waals surface area contributed by atoms with Gasteiger partial charge in [-0.15, -0.1) is 0 Å². The van der Waals surface area contributed by atoms with Gasteiger partial charge in [0.1, 0.15) is 15.8 Å². The second kappa shape index (κ2) is 7.00. The highest BCUT2D eigenvalue weighted by molar-refractivity contribution is 8.78. The van der Waals surface area contributed by atoms with Crippen LogP contribution < -0.4 is 0 Å². The SMILES string of the molecule is O=[N+]([O-])C(F)(COCSSC(Cl)(Cl)Cl)[N+](=O)[O-]. The molecule has 0 aromatic heterocycles. The summed E-state index contributed by atoms with van der Waals surface area (Å²) in [7, 11) is 1.54. The summed E-state index contributed by atoms with van der Waals surface area (Å²) in [5.41, 5.74) is 0. The Kier molecular flexibility index (Phi) is 7.11. The molecule has 0 aliphatic heterocycles. The molecule has 0 aromatic rings. The number of rotatable bonds is 7. The quantitative estimate of drug-likeness (QED) is 0.133. The number of halogens is 4.